The number of nitrogens with one attached hydrogen (secondary N) is 1. The van der Waals surface area contributed by atoms with Crippen molar-refractivity contribution < 1.29 is 14.6 Å². The number of aliphatic hydroxyl groups is 1. The van der Waals surface area contributed by atoms with Crippen LogP contribution in [0.3, 0.4) is 0 Å². The fourth-order valence-corrected chi connectivity index (χ4v) is 4.28. The lowest BCUT2D eigenvalue weighted by molar-refractivity contribution is -0.0743. The van der Waals surface area contributed by atoms with E-state index in [1.54, 1.807) is 14.2 Å². The number of benzene rings is 2. The number of hydrogen-bond donors (Lipinski definition) is 2. The summed E-state index contributed by atoms with van der Waals surface area (Å²) in [7, 11) is 3.35. The Bertz CT molecular complexity index is 728. The molecule has 0 spiro atoms. The molecular weight excluding hydrogens is 338 g/mol. The Morgan fingerprint density at radius 1 is 0.963 bits per heavy atom. The summed E-state index contributed by atoms with van der Waals surface area (Å²) in [5.41, 5.74) is 1.65. The van der Waals surface area contributed by atoms with E-state index in [9.17, 15) is 5.11 Å². The maximum absolute atomic E-state index is 11.5. The minimum atomic E-state index is -0.699. The molecule has 0 bridgehead atoms. The van der Waals surface area contributed by atoms with Crippen LogP contribution in [0.2, 0.25) is 0 Å². The van der Waals surface area contributed by atoms with Crippen molar-refractivity contribution in [1.29, 1.82) is 0 Å². The summed E-state index contributed by atoms with van der Waals surface area (Å²) in [5, 5.41) is 15.3. The Balaban J connectivity index is 1.93. The molecule has 2 N–H and O–H groups in total. The minimum Gasteiger partial charge on any atom is -0.497 e. The van der Waals surface area contributed by atoms with Crippen LogP contribution >= 0.6 is 0 Å². The largest absolute Gasteiger partial charge is 0.497 e. The molecule has 0 aliphatic carbocycles. The lowest BCUT2D eigenvalue weighted by Gasteiger charge is -2.48. The minimum absolute atomic E-state index is 0.0771. The quantitative estimate of drug-likeness (QED) is 0.778. The molecular formula is C23H31NO3. The van der Waals surface area contributed by atoms with E-state index in [0.717, 1.165) is 24.3 Å². The summed E-state index contributed by atoms with van der Waals surface area (Å²) in [6, 6.07) is 16.5. The first-order chi connectivity index (χ1) is 13.0. The second-order valence-corrected chi connectivity index (χ2v) is 7.59. The van der Waals surface area contributed by atoms with Crippen molar-refractivity contribution in [3.05, 3.63) is 59.7 Å². The molecule has 2 aromatic carbocycles. The SMILES string of the molecule is CCC[C@]1(O)C[C@@H](c2ccc(OC)cc2)N[C@H](c2ccc(OC)cc2)[C@@H]1C. The average molecular weight is 370 g/mol. The first-order valence-electron chi connectivity index (χ1n) is 9.77. The van der Waals surface area contributed by atoms with Crippen LogP contribution < -0.4 is 14.8 Å². The van der Waals surface area contributed by atoms with Crippen LogP contribution in [0.25, 0.3) is 0 Å². The van der Waals surface area contributed by atoms with Gasteiger partial charge in [0, 0.05) is 18.0 Å². The molecule has 4 nitrogen and oxygen atoms in total. The van der Waals surface area contributed by atoms with Gasteiger partial charge in [-0.15, -0.1) is 0 Å². The fraction of sp³-hybridized carbons (Fsp3) is 0.478. The van der Waals surface area contributed by atoms with Gasteiger partial charge in [-0.1, -0.05) is 44.5 Å². The molecule has 0 radical (unpaired) electrons. The van der Waals surface area contributed by atoms with E-state index >= 15 is 0 Å². The van der Waals surface area contributed by atoms with Crippen molar-refractivity contribution in [2.75, 3.05) is 14.2 Å². The highest BCUT2D eigenvalue weighted by atomic mass is 16.5. The predicted octanol–water partition coefficient (Wildman–Crippen LogP) is 4.65. The number of piperidine rings is 1. The van der Waals surface area contributed by atoms with Crippen LogP contribution in [0.4, 0.5) is 0 Å². The van der Waals surface area contributed by atoms with Gasteiger partial charge in [0.15, 0.2) is 0 Å². The normalized spacial score (nSPS) is 28.0. The highest BCUT2D eigenvalue weighted by Gasteiger charge is 2.45. The molecule has 0 unspecified atom stereocenters. The molecule has 3 rings (SSSR count). The third kappa shape index (κ3) is 4.12. The topological polar surface area (TPSA) is 50.7 Å². The number of methoxy groups -OCH3 is 2. The van der Waals surface area contributed by atoms with Gasteiger partial charge in [-0.05, 0) is 48.2 Å². The summed E-state index contributed by atoms with van der Waals surface area (Å²) in [4.78, 5) is 0. The number of ether oxygens (including phenoxy) is 2. The summed E-state index contributed by atoms with van der Waals surface area (Å²) < 4.78 is 10.6. The van der Waals surface area contributed by atoms with Gasteiger partial charge in [-0.3, -0.25) is 0 Å². The van der Waals surface area contributed by atoms with Crippen LogP contribution in [0.5, 0.6) is 11.5 Å². The van der Waals surface area contributed by atoms with Crippen molar-refractivity contribution in [1.82, 2.24) is 5.32 Å². The third-order valence-corrected chi connectivity index (χ3v) is 5.96. The molecule has 1 heterocycles. The molecule has 1 aliphatic rings. The lowest BCUT2D eigenvalue weighted by Crippen LogP contribution is -2.52. The Labute approximate surface area is 162 Å². The maximum atomic E-state index is 11.5. The second-order valence-electron chi connectivity index (χ2n) is 7.59. The zero-order valence-electron chi connectivity index (χ0n) is 16.7. The van der Waals surface area contributed by atoms with E-state index in [0.29, 0.717) is 6.42 Å². The molecule has 4 atom stereocenters. The Hall–Kier alpha value is -2.04. The Morgan fingerprint density at radius 2 is 1.48 bits per heavy atom. The van der Waals surface area contributed by atoms with Gasteiger partial charge in [-0.2, -0.15) is 0 Å². The van der Waals surface area contributed by atoms with Crippen molar-refractivity contribution in [2.24, 2.45) is 5.92 Å². The van der Waals surface area contributed by atoms with Crippen LogP contribution in [-0.4, -0.2) is 24.9 Å². The van der Waals surface area contributed by atoms with Crippen LogP contribution in [-0.2, 0) is 0 Å². The number of hydrogen-bond acceptors (Lipinski definition) is 4. The van der Waals surface area contributed by atoms with Gasteiger partial charge in [-0.25, -0.2) is 0 Å². The van der Waals surface area contributed by atoms with Crippen molar-refractivity contribution in [3.63, 3.8) is 0 Å². The predicted molar refractivity (Wildman–Crippen MR) is 108 cm³/mol. The van der Waals surface area contributed by atoms with Gasteiger partial charge in [0.25, 0.3) is 0 Å². The summed E-state index contributed by atoms with van der Waals surface area (Å²) in [5.74, 6) is 1.80. The van der Waals surface area contributed by atoms with E-state index in [2.05, 4.69) is 43.4 Å². The second kappa shape index (κ2) is 8.32. The third-order valence-electron chi connectivity index (χ3n) is 5.96. The highest BCUT2D eigenvalue weighted by molar-refractivity contribution is 5.33. The number of rotatable bonds is 6. The molecule has 1 aliphatic heterocycles. The van der Waals surface area contributed by atoms with Crippen molar-refractivity contribution in [2.45, 2.75) is 50.8 Å². The molecule has 0 amide bonds. The van der Waals surface area contributed by atoms with Gasteiger partial charge in [0.05, 0.1) is 19.8 Å². The summed E-state index contributed by atoms with van der Waals surface area (Å²) in [6.45, 7) is 4.29. The molecule has 0 aromatic heterocycles. The van der Waals surface area contributed by atoms with E-state index < -0.39 is 5.60 Å². The molecule has 27 heavy (non-hydrogen) atoms. The monoisotopic (exact) mass is 369 g/mol. The van der Waals surface area contributed by atoms with Gasteiger partial charge in [0.2, 0.25) is 0 Å². The van der Waals surface area contributed by atoms with Crippen LogP contribution in [0.15, 0.2) is 48.5 Å². The summed E-state index contributed by atoms with van der Waals surface area (Å²) >= 11 is 0. The molecule has 1 fully saturated rings. The molecule has 1 saturated heterocycles. The lowest BCUT2D eigenvalue weighted by atomic mass is 9.70. The first-order valence-corrected chi connectivity index (χ1v) is 9.77. The van der Waals surface area contributed by atoms with E-state index in [1.807, 2.05) is 24.3 Å². The Kier molecular flexibility index (Phi) is 6.08. The molecule has 0 saturated carbocycles. The smallest absolute Gasteiger partial charge is 0.118 e. The van der Waals surface area contributed by atoms with Gasteiger partial charge < -0.3 is 19.9 Å². The molecule has 4 heteroatoms. The molecule has 146 valence electrons. The average Bonchev–Trinajstić information content (AvgIpc) is 2.70. The zero-order valence-corrected chi connectivity index (χ0v) is 16.7. The van der Waals surface area contributed by atoms with Gasteiger partial charge in [0.1, 0.15) is 11.5 Å². The van der Waals surface area contributed by atoms with E-state index in [4.69, 9.17) is 9.47 Å². The van der Waals surface area contributed by atoms with E-state index in [1.165, 1.54) is 11.1 Å². The van der Waals surface area contributed by atoms with E-state index in [-0.39, 0.29) is 18.0 Å². The fourth-order valence-electron chi connectivity index (χ4n) is 4.28. The zero-order chi connectivity index (χ0) is 19.4. The maximum Gasteiger partial charge on any atom is 0.118 e. The van der Waals surface area contributed by atoms with Crippen LogP contribution in [0, 0.1) is 5.92 Å². The molecule has 2 aromatic rings. The Morgan fingerprint density at radius 3 is 1.96 bits per heavy atom. The van der Waals surface area contributed by atoms with Gasteiger partial charge >= 0.3 is 0 Å². The van der Waals surface area contributed by atoms with Crippen molar-refractivity contribution >= 4 is 0 Å². The standard InChI is InChI=1S/C23H31NO3/c1-5-14-23(25)15-21(17-6-10-19(26-3)11-7-17)24-22(16(23)2)18-8-12-20(27-4)13-9-18/h6-13,16,21-22,24-25H,5,14-15H2,1-4H3/t16-,21-,22-,23-/m0/s1. The summed E-state index contributed by atoms with van der Waals surface area (Å²) in [6.07, 6.45) is 2.47. The highest BCUT2D eigenvalue weighted by Crippen LogP contribution is 2.45. The van der Waals surface area contributed by atoms with Crippen molar-refractivity contribution in [3.8, 4) is 11.5 Å². The first kappa shape index (κ1) is 19.7. The van der Waals surface area contributed by atoms with Crippen LogP contribution in [0.1, 0.15) is 56.3 Å².